The highest BCUT2D eigenvalue weighted by molar-refractivity contribution is 5.56. The van der Waals surface area contributed by atoms with Gasteiger partial charge in [-0.1, -0.05) is 24.3 Å². The van der Waals surface area contributed by atoms with Crippen molar-refractivity contribution in [1.82, 2.24) is 0 Å². The van der Waals surface area contributed by atoms with Gasteiger partial charge in [-0.3, -0.25) is 0 Å². The summed E-state index contributed by atoms with van der Waals surface area (Å²) in [6, 6.07) is 17.2. The number of nitrogens with zero attached hydrogens (tertiary/aromatic N) is 1. The molecule has 128 valence electrons. The Morgan fingerprint density at radius 2 is 2.04 bits per heavy atom. The lowest BCUT2D eigenvalue weighted by molar-refractivity contribution is 0.0989. The highest BCUT2D eigenvalue weighted by atomic mass is 16.5. The number of benzene rings is 2. The van der Waals surface area contributed by atoms with Gasteiger partial charge in [0, 0.05) is 30.0 Å². The lowest BCUT2D eigenvalue weighted by Gasteiger charge is -2.35. The molecule has 24 heavy (non-hydrogen) atoms. The van der Waals surface area contributed by atoms with Crippen molar-refractivity contribution in [1.29, 1.82) is 0 Å². The SMILES string of the molecule is CC(Nc1ccc(N2CCOCC2C)cc1)c1cccc(CO)c1. The van der Waals surface area contributed by atoms with E-state index in [1.165, 1.54) is 11.3 Å². The van der Waals surface area contributed by atoms with Gasteiger partial charge in [-0.15, -0.1) is 0 Å². The van der Waals surface area contributed by atoms with Gasteiger partial charge in [0.05, 0.1) is 19.8 Å². The molecule has 1 fully saturated rings. The predicted molar refractivity (Wildman–Crippen MR) is 98.5 cm³/mol. The van der Waals surface area contributed by atoms with Crippen LogP contribution in [0.15, 0.2) is 48.5 Å². The zero-order chi connectivity index (χ0) is 16.9. The summed E-state index contributed by atoms with van der Waals surface area (Å²) in [7, 11) is 0. The molecule has 1 heterocycles. The Kier molecular flexibility index (Phi) is 5.38. The van der Waals surface area contributed by atoms with Gasteiger partial charge < -0.3 is 20.1 Å². The van der Waals surface area contributed by atoms with Crippen LogP contribution in [0, 0.1) is 0 Å². The van der Waals surface area contributed by atoms with Crippen LogP contribution in [0.25, 0.3) is 0 Å². The minimum absolute atomic E-state index is 0.0764. The highest BCUT2D eigenvalue weighted by Gasteiger charge is 2.18. The summed E-state index contributed by atoms with van der Waals surface area (Å²) in [5.41, 5.74) is 4.46. The molecule has 2 aromatic carbocycles. The number of aliphatic hydroxyl groups excluding tert-OH is 1. The van der Waals surface area contributed by atoms with Crippen molar-refractivity contribution in [2.75, 3.05) is 30.0 Å². The van der Waals surface area contributed by atoms with Crippen molar-refractivity contribution in [3.05, 3.63) is 59.7 Å². The molecule has 0 bridgehead atoms. The molecule has 0 saturated carbocycles. The largest absolute Gasteiger partial charge is 0.392 e. The topological polar surface area (TPSA) is 44.7 Å². The van der Waals surface area contributed by atoms with Crippen molar-refractivity contribution in [3.8, 4) is 0 Å². The first kappa shape index (κ1) is 16.8. The fourth-order valence-corrected chi connectivity index (χ4v) is 3.15. The zero-order valence-corrected chi connectivity index (χ0v) is 14.4. The number of morpholine rings is 1. The van der Waals surface area contributed by atoms with Crippen LogP contribution in [0.2, 0.25) is 0 Å². The molecule has 2 atom stereocenters. The van der Waals surface area contributed by atoms with E-state index in [9.17, 15) is 5.11 Å². The monoisotopic (exact) mass is 326 g/mol. The summed E-state index contributed by atoms with van der Waals surface area (Å²) in [6.45, 7) is 6.93. The minimum Gasteiger partial charge on any atom is -0.392 e. The second kappa shape index (κ2) is 7.69. The third kappa shape index (κ3) is 3.89. The third-order valence-corrected chi connectivity index (χ3v) is 4.58. The number of anilines is 2. The maximum atomic E-state index is 9.28. The summed E-state index contributed by atoms with van der Waals surface area (Å²) in [4.78, 5) is 2.39. The van der Waals surface area contributed by atoms with Crippen LogP contribution in [0.1, 0.15) is 31.0 Å². The average molecular weight is 326 g/mol. The molecule has 0 aliphatic carbocycles. The number of hydrogen-bond donors (Lipinski definition) is 2. The summed E-state index contributed by atoms with van der Waals surface area (Å²) >= 11 is 0. The van der Waals surface area contributed by atoms with E-state index in [0.29, 0.717) is 6.04 Å². The second-order valence-electron chi connectivity index (χ2n) is 6.43. The molecule has 1 saturated heterocycles. The quantitative estimate of drug-likeness (QED) is 0.881. The van der Waals surface area contributed by atoms with Crippen molar-refractivity contribution in [3.63, 3.8) is 0 Å². The van der Waals surface area contributed by atoms with Crippen LogP contribution < -0.4 is 10.2 Å². The Morgan fingerprint density at radius 1 is 1.25 bits per heavy atom. The Labute approximate surface area is 144 Å². The van der Waals surface area contributed by atoms with Crippen molar-refractivity contribution >= 4 is 11.4 Å². The molecule has 0 aromatic heterocycles. The smallest absolute Gasteiger partial charge is 0.0681 e. The minimum atomic E-state index is 0.0764. The number of ether oxygens (including phenoxy) is 1. The molecule has 0 amide bonds. The second-order valence-corrected chi connectivity index (χ2v) is 6.43. The lowest BCUT2D eigenvalue weighted by atomic mass is 10.1. The van der Waals surface area contributed by atoms with Crippen LogP contribution in [-0.2, 0) is 11.3 Å². The number of hydrogen-bond acceptors (Lipinski definition) is 4. The lowest BCUT2D eigenvalue weighted by Crippen LogP contribution is -2.43. The summed E-state index contributed by atoms with van der Waals surface area (Å²) in [5, 5.41) is 12.8. The molecule has 4 nitrogen and oxygen atoms in total. The van der Waals surface area contributed by atoms with Gasteiger partial charge in [-0.05, 0) is 49.2 Å². The molecule has 1 aliphatic rings. The van der Waals surface area contributed by atoms with Crippen LogP contribution >= 0.6 is 0 Å². The average Bonchev–Trinajstić information content (AvgIpc) is 2.63. The Balaban J connectivity index is 1.67. The van der Waals surface area contributed by atoms with E-state index in [1.807, 2.05) is 18.2 Å². The maximum Gasteiger partial charge on any atom is 0.0681 e. The molecule has 0 radical (unpaired) electrons. The van der Waals surface area contributed by atoms with E-state index >= 15 is 0 Å². The van der Waals surface area contributed by atoms with E-state index < -0.39 is 0 Å². The molecule has 3 rings (SSSR count). The molecule has 4 heteroatoms. The van der Waals surface area contributed by atoms with E-state index in [4.69, 9.17) is 4.74 Å². The van der Waals surface area contributed by atoms with Gasteiger partial charge in [-0.25, -0.2) is 0 Å². The van der Waals surface area contributed by atoms with Crippen LogP contribution in [0.5, 0.6) is 0 Å². The summed E-state index contributed by atoms with van der Waals surface area (Å²) in [6.07, 6.45) is 0. The van der Waals surface area contributed by atoms with Gasteiger partial charge in [0.15, 0.2) is 0 Å². The van der Waals surface area contributed by atoms with Gasteiger partial charge in [0.2, 0.25) is 0 Å². The Morgan fingerprint density at radius 3 is 2.75 bits per heavy atom. The van der Waals surface area contributed by atoms with E-state index in [0.717, 1.165) is 31.0 Å². The normalized spacial score (nSPS) is 19.1. The predicted octanol–water partition coefficient (Wildman–Crippen LogP) is 3.58. The van der Waals surface area contributed by atoms with Gasteiger partial charge in [-0.2, -0.15) is 0 Å². The van der Waals surface area contributed by atoms with Gasteiger partial charge in [0.25, 0.3) is 0 Å². The van der Waals surface area contributed by atoms with Crippen LogP contribution in [0.3, 0.4) is 0 Å². The fourth-order valence-electron chi connectivity index (χ4n) is 3.15. The number of rotatable bonds is 5. The highest BCUT2D eigenvalue weighted by Crippen LogP contribution is 2.25. The van der Waals surface area contributed by atoms with Gasteiger partial charge >= 0.3 is 0 Å². The van der Waals surface area contributed by atoms with Crippen LogP contribution in [0.4, 0.5) is 11.4 Å². The van der Waals surface area contributed by atoms with E-state index in [-0.39, 0.29) is 12.6 Å². The first-order chi connectivity index (χ1) is 11.7. The Hall–Kier alpha value is -2.04. The summed E-state index contributed by atoms with van der Waals surface area (Å²) < 4.78 is 5.51. The summed E-state index contributed by atoms with van der Waals surface area (Å²) in [5.74, 6) is 0. The zero-order valence-electron chi connectivity index (χ0n) is 14.4. The van der Waals surface area contributed by atoms with Crippen molar-refractivity contribution in [2.24, 2.45) is 0 Å². The fraction of sp³-hybridized carbons (Fsp3) is 0.400. The molecular weight excluding hydrogens is 300 g/mol. The Bertz CT molecular complexity index is 657. The van der Waals surface area contributed by atoms with Crippen molar-refractivity contribution < 1.29 is 9.84 Å². The molecule has 0 spiro atoms. The molecule has 1 aliphatic heterocycles. The molecule has 2 aromatic rings. The first-order valence-electron chi connectivity index (χ1n) is 8.58. The van der Waals surface area contributed by atoms with Crippen molar-refractivity contribution in [2.45, 2.75) is 32.5 Å². The van der Waals surface area contributed by atoms with E-state index in [1.54, 1.807) is 0 Å². The van der Waals surface area contributed by atoms with Crippen LogP contribution in [-0.4, -0.2) is 30.9 Å². The third-order valence-electron chi connectivity index (χ3n) is 4.58. The first-order valence-corrected chi connectivity index (χ1v) is 8.58. The van der Waals surface area contributed by atoms with Gasteiger partial charge in [0.1, 0.15) is 0 Å². The molecule has 2 N–H and O–H groups in total. The number of nitrogens with one attached hydrogen (secondary N) is 1. The maximum absolute atomic E-state index is 9.28. The molecular formula is C20H26N2O2. The standard InChI is InChI=1S/C20H26N2O2/c1-15-14-24-11-10-22(15)20-8-6-19(7-9-20)21-16(2)18-5-3-4-17(12-18)13-23/h3-9,12,15-16,21,23H,10-11,13-14H2,1-2H3. The number of aliphatic hydroxyl groups is 1. The van der Waals surface area contributed by atoms with E-state index in [2.05, 4.69) is 54.4 Å². The molecule has 2 unspecified atom stereocenters.